The highest BCUT2D eigenvalue weighted by Gasteiger charge is 2.38. The fourth-order valence-corrected chi connectivity index (χ4v) is 2.68. The summed E-state index contributed by atoms with van der Waals surface area (Å²) in [4.78, 5) is 14.5. The lowest BCUT2D eigenvalue weighted by Gasteiger charge is -2.33. The van der Waals surface area contributed by atoms with E-state index in [0.717, 1.165) is 24.9 Å². The molecule has 1 aromatic carbocycles. The Balaban J connectivity index is 2.23. The first kappa shape index (κ1) is 13.9. The minimum atomic E-state index is -0.592. The van der Waals surface area contributed by atoms with Gasteiger partial charge in [-0.1, -0.05) is 12.1 Å². The van der Waals surface area contributed by atoms with Crippen LogP contribution in [0, 0.1) is 0 Å². The molecule has 1 aliphatic heterocycles. The Hall–Kier alpha value is -1.55. The summed E-state index contributed by atoms with van der Waals surface area (Å²) in [5.41, 5.74) is 6.74. The maximum atomic E-state index is 12.7. The Morgan fingerprint density at radius 1 is 1.42 bits per heavy atom. The molecule has 1 fully saturated rings. The van der Waals surface area contributed by atoms with E-state index in [1.807, 2.05) is 43.0 Å². The molecule has 2 rings (SSSR count). The summed E-state index contributed by atoms with van der Waals surface area (Å²) in [6.07, 6.45) is 1.86. The molecule has 4 nitrogen and oxygen atoms in total. The number of rotatable bonds is 3. The molecule has 19 heavy (non-hydrogen) atoms. The molecule has 3 N–H and O–H groups in total. The lowest BCUT2D eigenvalue weighted by atomic mass is 9.83. The van der Waals surface area contributed by atoms with Crippen LogP contribution in [0.5, 0.6) is 0 Å². The van der Waals surface area contributed by atoms with E-state index in [1.165, 1.54) is 0 Å². The predicted octanol–water partition coefficient (Wildman–Crippen LogP) is 1.53. The van der Waals surface area contributed by atoms with E-state index in [4.69, 9.17) is 5.73 Å². The number of hydrogen-bond donors (Lipinski definition) is 2. The summed E-state index contributed by atoms with van der Waals surface area (Å²) in [5, 5.41) is 9.35. The van der Waals surface area contributed by atoms with Gasteiger partial charge >= 0.3 is 0 Å². The molecule has 1 atom stereocenters. The Morgan fingerprint density at radius 3 is 2.63 bits per heavy atom. The fourth-order valence-electron chi connectivity index (χ4n) is 2.68. The fraction of sp³-hybridized carbons (Fsp3) is 0.533. The van der Waals surface area contributed by atoms with Gasteiger partial charge in [-0.05, 0) is 44.4 Å². The minimum absolute atomic E-state index is 0.0273. The Labute approximate surface area is 114 Å². The van der Waals surface area contributed by atoms with Crippen molar-refractivity contribution in [2.24, 2.45) is 0 Å². The molecule has 0 radical (unpaired) electrons. The first-order valence-corrected chi connectivity index (χ1v) is 6.74. The number of nitrogens with two attached hydrogens (primary N) is 1. The molecule has 1 amide bonds. The average Bonchev–Trinajstić information content (AvgIpc) is 2.86. The van der Waals surface area contributed by atoms with Crippen LogP contribution in [0.1, 0.15) is 32.3 Å². The molecule has 1 heterocycles. The summed E-state index contributed by atoms with van der Waals surface area (Å²) in [5.74, 6) is 0.0776. The molecule has 1 aromatic rings. The number of amides is 1. The highest BCUT2D eigenvalue weighted by atomic mass is 16.3. The van der Waals surface area contributed by atoms with E-state index in [1.54, 1.807) is 0 Å². The van der Waals surface area contributed by atoms with Gasteiger partial charge in [0.15, 0.2) is 0 Å². The summed E-state index contributed by atoms with van der Waals surface area (Å²) >= 11 is 0. The van der Waals surface area contributed by atoms with Crippen molar-refractivity contribution >= 4 is 11.6 Å². The number of carbonyl (C=O) groups excluding carboxylic acids is 1. The van der Waals surface area contributed by atoms with Crippen LogP contribution in [-0.4, -0.2) is 35.1 Å². The Bertz CT molecular complexity index is 454. The van der Waals surface area contributed by atoms with Crippen molar-refractivity contribution in [3.8, 4) is 0 Å². The van der Waals surface area contributed by atoms with Gasteiger partial charge in [0, 0.05) is 12.2 Å². The van der Waals surface area contributed by atoms with Gasteiger partial charge in [0.1, 0.15) is 0 Å². The van der Waals surface area contributed by atoms with Crippen LogP contribution in [0.15, 0.2) is 24.3 Å². The van der Waals surface area contributed by atoms with Crippen LogP contribution in [0.4, 0.5) is 5.69 Å². The maximum absolute atomic E-state index is 12.7. The lowest BCUT2D eigenvalue weighted by Crippen LogP contribution is -2.46. The molecule has 0 aromatic heterocycles. The van der Waals surface area contributed by atoms with Crippen molar-refractivity contribution in [1.82, 2.24) is 4.90 Å². The van der Waals surface area contributed by atoms with E-state index in [2.05, 4.69) is 0 Å². The van der Waals surface area contributed by atoms with Gasteiger partial charge in [-0.25, -0.2) is 0 Å². The number of nitrogen functional groups attached to an aromatic ring is 1. The topological polar surface area (TPSA) is 66.6 Å². The monoisotopic (exact) mass is 262 g/mol. The minimum Gasteiger partial charge on any atom is -0.399 e. The molecule has 0 unspecified atom stereocenters. The predicted molar refractivity (Wildman–Crippen MR) is 75.7 cm³/mol. The first-order valence-electron chi connectivity index (χ1n) is 6.74. The van der Waals surface area contributed by atoms with Gasteiger partial charge in [-0.15, -0.1) is 0 Å². The number of aliphatic hydroxyl groups excluding tert-OH is 1. The number of nitrogens with zero attached hydrogens (tertiary/aromatic N) is 1. The van der Waals surface area contributed by atoms with Crippen LogP contribution in [-0.2, 0) is 10.2 Å². The van der Waals surface area contributed by atoms with E-state index >= 15 is 0 Å². The second kappa shape index (κ2) is 5.21. The van der Waals surface area contributed by atoms with Crippen LogP contribution in [0.3, 0.4) is 0 Å². The standard InChI is InChI=1S/C15H22N2O2/c1-15(2,11-5-7-12(16)8-6-11)14(19)17-9-3-4-13(17)10-18/h5-8,13,18H,3-4,9-10,16H2,1-2H3/t13-/m0/s1. The van der Waals surface area contributed by atoms with Gasteiger partial charge in [-0.3, -0.25) is 4.79 Å². The quantitative estimate of drug-likeness (QED) is 0.812. The zero-order valence-corrected chi connectivity index (χ0v) is 11.6. The summed E-state index contributed by atoms with van der Waals surface area (Å²) in [6.45, 7) is 4.63. The average molecular weight is 262 g/mol. The highest BCUT2D eigenvalue weighted by Crippen LogP contribution is 2.30. The van der Waals surface area contributed by atoms with Crippen LogP contribution in [0.25, 0.3) is 0 Å². The number of benzene rings is 1. The molecule has 104 valence electrons. The number of carbonyl (C=O) groups is 1. The smallest absolute Gasteiger partial charge is 0.232 e. The van der Waals surface area contributed by atoms with Crippen molar-refractivity contribution in [2.75, 3.05) is 18.9 Å². The number of anilines is 1. The largest absolute Gasteiger partial charge is 0.399 e. The normalized spacial score (nSPS) is 19.7. The molecule has 0 saturated carbocycles. The second-order valence-corrected chi connectivity index (χ2v) is 5.72. The molecule has 0 aliphatic carbocycles. The van der Waals surface area contributed by atoms with Crippen LogP contribution in [0.2, 0.25) is 0 Å². The molecule has 4 heteroatoms. The van der Waals surface area contributed by atoms with Crippen molar-refractivity contribution in [3.05, 3.63) is 29.8 Å². The van der Waals surface area contributed by atoms with Crippen molar-refractivity contribution in [2.45, 2.75) is 38.1 Å². The first-order chi connectivity index (χ1) is 8.96. The van der Waals surface area contributed by atoms with Gasteiger partial charge in [0.25, 0.3) is 0 Å². The van der Waals surface area contributed by atoms with E-state index in [0.29, 0.717) is 5.69 Å². The zero-order valence-electron chi connectivity index (χ0n) is 11.6. The summed E-state index contributed by atoms with van der Waals surface area (Å²) in [6, 6.07) is 7.41. The highest BCUT2D eigenvalue weighted by molar-refractivity contribution is 5.88. The van der Waals surface area contributed by atoms with Gasteiger partial charge < -0.3 is 15.7 Å². The molecule has 0 spiro atoms. The van der Waals surface area contributed by atoms with E-state index in [9.17, 15) is 9.90 Å². The van der Waals surface area contributed by atoms with E-state index < -0.39 is 5.41 Å². The number of aliphatic hydroxyl groups is 1. The van der Waals surface area contributed by atoms with Crippen molar-refractivity contribution in [1.29, 1.82) is 0 Å². The van der Waals surface area contributed by atoms with Gasteiger partial charge in [-0.2, -0.15) is 0 Å². The third kappa shape index (κ3) is 2.59. The Morgan fingerprint density at radius 2 is 2.05 bits per heavy atom. The van der Waals surface area contributed by atoms with Crippen LogP contribution < -0.4 is 5.73 Å². The lowest BCUT2D eigenvalue weighted by molar-refractivity contribution is -0.137. The van der Waals surface area contributed by atoms with Gasteiger partial charge in [0.2, 0.25) is 5.91 Å². The maximum Gasteiger partial charge on any atom is 0.232 e. The zero-order chi connectivity index (χ0) is 14.0. The molecular weight excluding hydrogens is 240 g/mol. The summed E-state index contributed by atoms with van der Waals surface area (Å²) in [7, 11) is 0. The third-order valence-electron chi connectivity index (χ3n) is 4.02. The molecule has 0 bridgehead atoms. The SMILES string of the molecule is CC(C)(C(=O)N1CCC[C@H]1CO)c1ccc(N)cc1. The van der Waals surface area contributed by atoms with Crippen LogP contribution >= 0.6 is 0 Å². The van der Waals surface area contributed by atoms with Crippen molar-refractivity contribution < 1.29 is 9.90 Å². The number of likely N-dealkylation sites (tertiary alicyclic amines) is 1. The van der Waals surface area contributed by atoms with Crippen molar-refractivity contribution in [3.63, 3.8) is 0 Å². The Kier molecular flexibility index (Phi) is 3.80. The molecule has 1 saturated heterocycles. The van der Waals surface area contributed by atoms with Gasteiger partial charge in [0.05, 0.1) is 18.1 Å². The second-order valence-electron chi connectivity index (χ2n) is 5.72. The molecular formula is C15H22N2O2. The number of hydrogen-bond acceptors (Lipinski definition) is 3. The van der Waals surface area contributed by atoms with E-state index in [-0.39, 0.29) is 18.6 Å². The molecule has 1 aliphatic rings. The third-order valence-corrected chi connectivity index (χ3v) is 4.02. The summed E-state index contributed by atoms with van der Waals surface area (Å²) < 4.78 is 0.